The first-order chi connectivity index (χ1) is 13.7. The minimum absolute atomic E-state index is 0.0369. The number of ketones is 1. The Balaban J connectivity index is 1.81. The number of rotatable bonds is 3. The van der Waals surface area contributed by atoms with E-state index in [1.807, 2.05) is 30.3 Å². The van der Waals surface area contributed by atoms with Crippen LogP contribution < -0.4 is 5.32 Å². The lowest BCUT2D eigenvalue weighted by atomic mass is 9.70. The van der Waals surface area contributed by atoms with Gasteiger partial charge < -0.3 is 5.32 Å². The Morgan fingerprint density at radius 2 is 1.72 bits per heavy atom. The molecule has 4 rings (SSSR count). The van der Waals surface area contributed by atoms with Crippen LogP contribution in [-0.2, 0) is 4.79 Å². The topological polar surface area (TPSA) is 72.2 Å². The molecule has 0 amide bonds. The smallest absolute Gasteiger partial charge is 0.269 e. The predicted molar refractivity (Wildman–Crippen MR) is 113 cm³/mol. The van der Waals surface area contributed by atoms with Crippen molar-refractivity contribution >= 4 is 28.8 Å². The van der Waals surface area contributed by atoms with E-state index in [-0.39, 0.29) is 22.8 Å². The van der Waals surface area contributed by atoms with E-state index in [4.69, 9.17) is 11.6 Å². The van der Waals surface area contributed by atoms with Crippen molar-refractivity contribution in [1.82, 2.24) is 5.32 Å². The van der Waals surface area contributed by atoms with Crippen molar-refractivity contribution in [2.24, 2.45) is 5.41 Å². The predicted octanol–water partition coefficient (Wildman–Crippen LogP) is 5.62. The summed E-state index contributed by atoms with van der Waals surface area (Å²) in [6.07, 6.45) is 3.28. The highest BCUT2D eigenvalue weighted by Gasteiger charge is 2.38. The Morgan fingerprint density at radius 3 is 2.34 bits per heavy atom. The number of nitrogens with zero attached hydrogens (tertiary/aromatic N) is 1. The molecule has 148 valence electrons. The number of nitrogens with one attached hydrogen (secondary N) is 1. The zero-order valence-corrected chi connectivity index (χ0v) is 17.0. The Morgan fingerprint density at radius 1 is 1.07 bits per heavy atom. The molecule has 0 bridgehead atoms. The van der Waals surface area contributed by atoms with Gasteiger partial charge in [0, 0.05) is 46.5 Å². The molecule has 0 radical (unpaired) electrons. The summed E-state index contributed by atoms with van der Waals surface area (Å²) in [6.45, 7) is 4.19. The number of carbonyl (C=O) groups excluding carboxylic acids is 1. The second-order valence-corrected chi connectivity index (χ2v) is 8.81. The molecule has 1 aliphatic carbocycles. The fourth-order valence-electron chi connectivity index (χ4n) is 4.13. The van der Waals surface area contributed by atoms with Crippen LogP contribution in [0.15, 0.2) is 65.9 Å². The van der Waals surface area contributed by atoms with Gasteiger partial charge in [-0.15, -0.1) is 0 Å². The van der Waals surface area contributed by atoms with Crippen LogP contribution in [0, 0.1) is 15.5 Å². The molecule has 0 fully saturated rings. The maximum Gasteiger partial charge on any atom is 0.269 e. The third-order valence-electron chi connectivity index (χ3n) is 5.47. The maximum absolute atomic E-state index is 13.0. The molecular formula is C23H21ClN2O3. The number of dihydropyridines is 1. The van der Waals surface area contributed by atoms with E-state index in [1.54, 1.807) is 12.1 Å². The van der Waals surface area contributed by atoms with Gasteiger partial charge in [0.05, 0.1) is 4.92 Å². The van der Waals surface area contributed by atoms with E-state index in [9.17, 15) is 14.9 Å². The average molecular weight is 409 g/mol. The average Bonchev–Trinajstić information content (AvgIpc) is 2.66. The normalized spacial score (nSPS) is 20.6. The van der Waals surface area contributed by atoms with Gasteiger partial charge in [0.15, 0.2) is 5.78 Å². The summed E-state index contributed by atoms with van der Waals surface area (Å²) in [7, 11) is 0. The quantitative estimate of drug-likeness (QED) is 0.528. The van der Waals surface area contributed by atoms with Crippen molar-refractivity contribution in [2.75, 3.05) is 0 Å². The zero-order chi connectivity index (χ0) is 20.8. The number of nitro benzene ring substituents is 1. The lowest BCUT2D eigenvalue weighted by molar-refractivity contribution is -0.384. The molecule has 0 saturated heterocycles. The molecule has 2 aromatic rings. The van der Waals surface area contributed by atoms with Gasteiger partial charge >= 0.3 is 0 Å². The minimum Gasteiger partial charge on any atom is -0.358 e. The molecule has 1 atom stereocenters. The van der Waals surface area contributed by atoms with Gasteiger partial charge in [0.1, 0.15) is 0 Å². The number of allylic oxidation sites excluding steroid dienone is 3. The van der Waals surface area contributed by atoms with Crippen LogP contribution in [0.25, 0.3) is 5.70 Å². The van der Waals surface area contributed by atoms with Crippen LogP contribution in [0.3, 0.4) is 0 Å². The first-order valence-electron chi connectivity index (χ1n) is 9.49. The molecule has 1 aliphatic heterocycles. The van der Waals surface area contributed by atoms with Crippen LogP contribution in [0.2, 0.25) is 5.02 Å². The monoisotopic (exact) mass is 408 g/mol. The number of nitro groups is 1. The van der Waals surface area contributed by atoms with Crippen molar-refractivity contribution in [3.8, 4) is 0 Å². The van der Waals surface area contributed by atoms with Crippen molar-refractivity contribution in [1.29, 1.82) is 0 Å². The number of halogens is 1. The molecular weight excluding hydrogens is 388 g/mol. The summed E-state index contributed by atoms with van der Waals surface area (Å²) in [5.74, 6) is -0.125. The molecule has 0 aromatic heterocycles. The van der Waals surface area contributed by atoms with E-state index < -0.39 is 4.92 Å². The van der Waals surface area contributed by atoms with E-state index in [0.717, 1.165) is 34.5 Å². The number of benzene rings is 2. The molecule has 1 N–H and O–H groups in total. The number of Topliss-reactive ketones (excluding diaryl/α,β-unsaturated/α-hetero) is 1. The van der Waals surface area contributed by atoms with Crippen LogP contribution in [0.4, 0.5) is 5.69 Å². The highest BCUT2D eigenvalue weighted by molar-refractivity contribution is 6.30. The van der Waals surface area contributed by atoms with Crippen molar-refractivity contribution in [3.05, 3.63) is 92.1 Å². The van der Waals surface area contributed by atoms with Crippen molar-refractivity contribution in [2.45, 2.75) is 32.6 Å². The van der Waals surface area contributed by atoms with Crippen molar-refractivity contribution in [3.63, 3.8) is 0 Å². The molecule has 0 saturated carbocycles. The molecule has 2 aromatic carbocycles. The van der Waals surface area contributed by atoms with Gasteiger partial charge in [-0.1, -0.05) is 49.7 Å². The van der Waals surface area contributed by atoms with E-state index in [1.165, 1.54) is 12.1 Å². The van der Waals surface area contributed by atoms with E-state index in [2.05, 4.69) is 19.2 Å². The van der Waals surface area contributed by atoms with Gasteiger partial charge in [-0.25, -0.2) is 0 Å². The molecule has 6 heteroatoms. The lowest BCUT2D eigenvalue weighted by Gasteiger charge is -2.38. The van der Waals surface area contributed by atoms with Crippen LogP contribution in [-0.4, -0.2) is 10.7 Å². The van der Waals surface area contributed by atoms with E-state index in [0.29, 0.717) is 11.4 Å². The largest absolute Gasteiger partial charge is 0.358 e. The molecule has 0 spiro atoms. The van der Waals surface area contributed by atoms with Crippen molar-refractivity contribution < 1.29 is 9.72 Å². The molecule has 5 nitrogen and oxygen atoms in total. The summed E-state index contributed by atoms with van der Waals surface area (Å²) in [5.41, 5.74) is 4.36. The zero-order valence-electron chi connectivity index (χ0n) is 16.2. The summed E-state index contributed by atoms with van der Waals surface area (Å²) in [5, 5.41) is 15.1. The third kappa shape index (κ3) is 3.83. The summed E-state index contributed by atoms with van der Waals surface area (Å²) in [6, 6.07) is 14.0. The molecule has 29 heavy (non-hydrogen) atoms. The van der Waals surface area contributed by atoms with Crippen LogP contribution in [0.5, 0.6) is 0 Å². The summed E-state index contributed by atoms with van der Waals surface area (Å²) < 4.78 is 0. The lowest BCUT2D eigenvalue weighted by Crippen LogP contribution is -2.35. The number of non-ortho nitro benzene ring substituents is 1. The Hall–Kier alpha value is -2.92. The van der Waals surface area contributed by atoms with Gasteiger partial charge in [0.2, 0.25) is 0 Å². The first kappa shape index (κ1) is 19.4. The Labute approximate surface area is 174 Å². The molecule has 1 heterocycles. The van der Waals surface area contributed by atoms with Crippen LogP contribution >= 0.6 is 11.6 Å². The standard InChI is InChI=1S/C23H21ClN2O3/c1-23(2)12-20-22(21(27)13-23)18(14-5-9-17(10-6-14)26(28)29)11-19(25-20)15-3-7-16(24)8-4-15/h3-11,18,25H,12-13H2,1-2H3. The fraction of sp³-hybridized carbons (Fsp3) is 0.261. The minimum atomic E-state index is -0.417. The maximum atomic E-state index is 13.0. The summed E-state index contributed by atoms with van der Waals surface area (Å²) in [4.78, 5) is 23.6. The van der Waals surface area contributed by atoms with Crippen LogP contribution in [0.1, 0.15) is 43.7 Å². The number of hydrogen-bond donors (Lipinski definition) is 1. The SMILES string of the molecule is CC1(C)CC(=O)C2=C(C1)NC(c1ccc(Cl)cc1)=CC2c1ccc([N+](=O)[O-])cc1. The number of carbonyl (C=O) groups is 1. The second kappa shape index (κ2) is 7.16. The third-order valence-corrected chi connectivity index (χ3v) is 5.72. The van der Waals surface area contributed by atoms with Gasteiger partial charge in [-0.2, -0.15) is 0 Å². The second-order valence-electron chi connectivity index (χ2n) is 8.37. The fourth-order valence-corrected chi connectivity index (χ4v) is 4.25. The highest BCUT2D eigenvalue weighted by Crippen LogP contribution is 2.45. The Bertz CT molecular complexity index is 1050. The molecule has 2 aliphatic rings. The van der Waals surface area contributed by atoms with E-state index >= 15 is 0 Å². The summed E-state index contributed by atoms with van der Waals surface area (Å²) >= 11 is 6.03. The first-order valence-corrected chi connectivity index (χ1v) is 9.87. The van der Waals surface area contributed by atoms with Gasteiger partial charge in [-0.3, -0.25) is 14.9 Å². The molecule has 1 unspecified atom stereocenters. The highest BCUT2D eigenvalue weighted by atomic mass is 35.5. The number of hydrogen-bond acceptors (Lipinski definition) is 4. The van der Waals surface area contributed by atoms with Gasteiger partial charge in [-0.05, 0) is 41.2 Å². The van der Waals surface area contributed by atoms with Gasteiger partial charge in [0.25, 0.3) is 5.69 Å². The Kier molecular flexibility index (Phi) is 4.79.